The fourth-order valence-electron chi connectivity index (χ4n) is 2.44. The van der Waals surface area contributed by atoms with Crippen molar-refractivity contribution in [3.63, 3.8) is 0 Å². The van der Waals surface area contributed by atoms with E-state index < -0.39 is 12.7 Å². The van der Waals surface area contributed by atoms with E-state index in [4.69, 9.17) is 0 Å². The quantitative estimate of drug-likeness (QED) is 0.687. The summed E-state index contributed by atoms with van der Waals surface area (Å²) in [6, 6.07) is 5.45. The lowest BCUT2D eigenvalue weighted by molar-refractivity contribution is -0.0499. The van der Waals surface area contributed by atoms with E-state index in [1.165, 1.54) is 37.5 Å². The monoisotopic (exact) mass is 328 g/mol. The molecule has 1 unspecified atom stereocenters. The van der Waals surface area contributed by atoms with Crippen molar-refractivity contribution in [3.8, 4) is 5.75 Å². The number of ether oxygens (including phenoxy) is 1. The van der Waals surface area contributed by atoms with E-state index >= 15 is 0 Å². The van der Waals surface area contributed by atoms with Gasteiger partial charge in [0, 0.05) is 13.1 Å². The maximum atomic E-state index is 12.2. The van der Waals surface area contributed by atoms with Crippen molar-refractivity contribution in [2.45, 2.75) is 38.4 Å². The molecule has 2 amide bonds. The number of nitrogens with one attached hydrogen (secondary N) is 2. The van der Waals surface area contributed by atoms with Crippen molar-refractivity contribution in [2.24, 2.45) is 5.92 Å². The zero-order valence-electron chi connectivity index (χ0n) is 12.8. The first kappa shape index (κ1) is 17.5. The maximum absolute atomic E-state index is 12.2. The van der Waals surface area contributed by atoms with Crippen LogP contribution in [-0.2, 0) is 0 Å². The number of urea groups is 1. The Balaban J connectivity index is 1.70. The maximum Gasteiger partial charge on any atom is 0.387 e. The first-order chi connectivity index (χ1) is 11.0. The number of benzene rings is 1. The van der Waals surface area contributed by atoms with Crippen molar-refractivity contribution in [1.82, 2.24) is 10.6 Å². The van der Waals surface area contributed by atoms with Gasteiger partial charge in [0.25, 0.3) is 0 Å². The standard InChI is InChI=1S/C16H22F2N2O3/c17-15(18)23-13-6-2-5-12(9-13)14(21)10-20-16(22)19-8-7-11-3-1-4-11/h2,5-6,9,11,14-15,21H,1,3-4,7-8,10H2,(H2,19,20,22). The first-order valence-corrected chi connectivity index (χ1v) is 7.79. The van der Waals surface area contributed by atoms with Crippen LogP contribution in [0.15, 0.2) is 24.3 Å². The smallest absolute Gasteiger partial charge is 0.387 e. The Bertz CT molecular complexity index is 510. The molecular formula is C16H22F2N2O3. The molecule has 0 bridgehead atoms. The second-order valence-corrected chi connectivity index (χ2v) is 5.69. The molecule has 1 saturated carbocycles. The minimum Gasteiger partial charge on any atom is -0.435 e. The average Bonchev–Trinajstić information content (AvgIpc) is 2.47. The highest BCUT2D eigenvalue weighted by molar-refractivity contribution is 5.73. The van der Waals surface area contributed by atoms with Crippen molar-refractivity contribution in [2.75, 3.05) is 13.1 Å². The molecule has 0 radical (unpaired) electrons. The van der Waals surface area contributed by atoms with E-state index in [2.05, 4.69) is 15.4 Å². The summed E-state index contributed by atoms with van der Waals surface area (Å²) in [7, 11) is 0. The van der Waals surface area contributed by atoms with Gasteiger partial charge < -0.3 is 20.5 Å². The molecule has 1 fully saturated rings. The molecule has 1 aliphatic carbocycles. The first-order valence-electron chi connectivity index (χ1n) is 7.79. The van der Waals surface area contributed by atoms with Gasteiger partial charge in [-0.1, -0.05) is 31.4 Å². The molecule has 0 aliphatic heterocycles. The van der Waals surface area contributed by atoms with Gasteiger partial charge in [-0.25, -0.2) is 4.79 Å². The van der Waals surface area contributed by atoms with Crippen LogP contribution in [0.4, 0.5) is 13.6 Å². The minimum atomic E-state index is -2.91. The van der Waals surface area contributed by atoms with Crippen LogP contribution >= 0.6 is 0 Å². The SMILES string of the molecule is O=C(NCCC1CCC1)NCC(O)c1cccc(OC(F)F)c1. The second kappa shape index (κ2) is 8.67. The summed E-state index contributed by atoms with van der Waals surface area (Å²) >= 11 is 0. The number of aliphatic hydroxyl groups is 1. The molecule has 2 rings (SSSR count). The molecule has 1 aromatic rings. The van der Waals surface area contributed by atoms with E-state index in [1.807, 2.05) is 0 Å². The third-order valence-corrected chi connectivity index (χ3v) is 3.99. The Labute approximate surface area is 134 Å². The summed E-state index contributed by atoms with van der Waals surface area (Å²) < 4.78 is 28.6. The second-order valence-electron chi connectivity index (χ2n) is 5.69. The number of hydrogen-bond donors (Lipinski definition) is 3. The van der Waals surface area contributed by atoms with Gasteiger partial charge in [0.05, 0.1) is 6.10 Å². The average molecular weight is 328 g/mol. The number of carbonyl (C=O) groups is 1. The molecule has 0 spiro atoms. The molecule has 23 heavy (non-hydrogen) atoms. The Morgan fingerprint density at radius 3 is 2.78 bits per heavy atom. The summed E-state index contributed by atoms with van der Waals surface area (Å²) in [6.07, 6.45) is 3.73. The number of aliphatic hydroxyl groups excluding tert-OH is 1. The van der Waals surface area contributed by atoms with Gasteiger partial charge >= 0.3 is 12.6 Å². The van der Waals surface area contributed by atoms with Crippen LogP contribution in [0.3, 0.4) is 0 Å². The molecule has 1 atom stereocenters. The van der Waals surface area contributed by atoms with Gasteiger partial charge in [-0.05, 0) is 30.0 Å². The predicted octanol–water partition coefficient (Wildman–Crippen LogP) is 2.81. The lowest BCUT2D eigenvalue weighted by atomic mass is 9.83. The Hall–Kier alpha value is -1.89. The normalized spacial score (nSPS) is 15.8. The predicted molar refractivity (Wildman–Crippen MR) is 81.4 cm³/mol. The summed E-state index contributed by atoms with van der Waals surface area (Å²) in [6.45, 7) is -2.31. The van der Waals surface area contributed by atoms with Gasteiger partial charge in [-0.15, -0.1) is 0 Å². The zero-order chi connectivity index (χ0) is 16.7. The van der Waals surface area contributed by atoms with Crippen LogP contribution < -0.4 is 15.4 Å². The molecule has 5 nitrogen and oxygen atoms in total. The number of amides is 2. The molecule has 7 heteroatoms. The Morgan fingerprint density at radius 2 is 2.13 bits per heavy atom. The highest BCUT2D eigenvalue weighted by Crippen LogP contribution is 2.28. The highest BCUT2D eigenvalue weighted by Gasteiger charge is 2.17. The molecular weight excluding hydrogens is 306 g/mol. The van der Waals surface area contributed by atoms with E-state index in [0.717, 1.165) is 12.3 Å². The topological polar surface area (TPSA) is 70.6 Å². The van der Waals surface area contributed by atoms with Crippen LogP contribution in [-0.4, -0.2) is 30.8 Å². The van der Waals surface area contributed by atoms with E-state index in [-0.39, 0.29) is 18.3 Å². The van der Waals surface area contributed by atoms with Crippen molar-refractivity contribution >= 4 is 6.03 Å². The summed E-state index contributed by atoms with van der Waals surface area (Å²) in [5.74, 6) is 0.694. The number of hydrogen-bond acceptors (Lipinski definition) is 3. The molecule has 0 aromatic heterocycles. The highest BCUT2D eigenvalue weighted by atomic mass is 19.3. The van der Waals surface area contributed by atoms with Gasteiger partial charge in [-0.2, -0.15) is 8.78 Å². The lowest BCUT2D eigenvalue weighted by Gasteiger charge is -2.25. The van der Waals surface area contributed by atoms with Gasteiger partial charge in [0.15, 0.2) is 0 Å². The third-order valence-electron chi connectivity index (χ3n) is 3.99. The van der Waals surface area contributed by atoms with Crippen LogP contribution in [0.5, 0.6) is 5.75 Å². The fraction of sp³-hybridized carbons (Fsp3) is 0.562. The van der Waals surface area contributed by atoms with Crippen molar-refractivity contribution < 1.29 is 23.4 Å². The van der Waals surface area contributed by atoms with Gasteiger partial charge in [0.2, 0.25) is 0 Å². The number of halogens is 2. The van der Waals surface area contributed by atoms with E-state index in [0.29, 0.717) is 12.1 Å². The fourth-order valence-corrected chi connectivity index (χ4v) is 2.44. The minimum absolute atomic E-state index is 0.00655. The van der Waals surface area contributed by atoms with E-state index in [1.54, 1.807) is 6.07 Å². The van der Waals surface area contributed by atoms with Gasteiger partial charge in [-0.3, -0.25) is 0 Å². The number of carbonyl (C=O) groups excluding carboxylic acids is 1. The lowest BCUT2D eigenvalue weighted by Crippen LogP contribution is -2.38. The summed E-state index contributed by atoms with van der Waals surface area (Å²) in [5, 5.41) is 15.3. The van der Waals surface area contributed by atoms with Crippen LogP contribution in [0.1, 0.15) is 37.4 Å². The largest absolute Gasteiger partial charge is 0.435 e. The van der Waals surface area contributed by atoms with Gasteiger partial charge in [0.1, 0.15) is 5.75 Å². The number of rotatable bonds is 8. The molecule has 0 heterocycles. The Morgan fingerprint density at radius 1 is 1.35 bits per heavy atom. The number of alkyl halides is 2. The molecule has 1 aromatic carbocycles. The van der Waals surface area contributed by atoms with Crippen molar-refractivity contribution in [1.29, 1.82) is 0 Å². The van der Waals surface area contributed by atoms with Crippen molar-refractivity contribution in [3.05, 3.63) is 29.8 Å². The van der Waals surface area contributed by atoms with Crippen LogP contribution in [0.25, 0.3) is 0 Å². The third kappa shape index (κ3) is 6.02. The molecule has 3 N–H and O–H groups in total. The molecule has 128 valence electrons. The molecule has 1 aliphatic rings. The summed E-state index contributed by atoms with van der Waals surface area (Å²) in [4.78, 5) is 11.6. The molecule has 0 saturated heterocycles. The van der Waals surface area contributed by atoms with Crippen LogP contribution in [0.2, 0.25) is 0 Å². The zero-order valence-corrected chi connectivity index (χ0v) is 12.8. The van der Waals surface area contributed by atoms with Crippen LogP contribution in [0, 0.1) is 5.92 Å². The van der Waals surface area contributed by atoms with E-state index in [9.17, 15) is 18.7 Å². The Kier molecular flexibility index (Phi) is 6.58. The summed E-state index contributed by atoms with van der Waals surface area (Å²) in [5.41, 5.74) is 0.401.